The van der Waals surface area contributed by atoms with Crippen molar-refractivity contribution >= 4 is 5.97 Å². The average Bonchev–Trinajstić information content (AvgIpc) is 2.35. The number of aliphatic hydroxyl groups is 5. The highest BCUT2D eigenvalue weighted by Crippen LogP contribution is 2.14. The third kappa shape index (κ3) is 7.00. The van der Waals surface area contributed by atoms with Crippen LogP contribution in [0.1, 0.15) is 0 Å². The lowest BCUT2D eigenvalue weighted by molar-refractivity contribution is -0.209. The SMILES string of the molecule is C=CC(=O)O.OCOC(CO)(CO)C(O)CO. The summed E-state index contributed by atoms with van der Waals surface area (Å²) in [5, 5.41) is 51.1. The molecular weight excluding hydrogens is 236 g/mol. The number of rotatable bonds is 7. The minimum Gasteiger partial charge on any atom is -0.478 e. The molecule has 0 aliphatic rings. The molecule has 0 heterocycles. The van der Waals surface area contributed by atoms with Gasteiger partial charge >= 0.3 is 5.97 Å². The molecular formula is C9H18O8. The molecule has 0 rings (SSSR count). The van der Waals surface area contributed by atoms with E-state index in [9.17, 15) is 4.79 Å². The Morgan fingerprint density at radius 2 is 1.71 bits per heavy atom. The second-order valence-electron chi connectivity index (χ2n) is 2.90. The summed E-state index contributed by atoms with van der Waals surface area (Å²) in [6.07, 6.45) is -0.598. The van der Waals surface area contributed by atoms with Crippen molar-refractivity contribution in [1.29, 1.82) is 0 Å². The lowest BCUT2D eigenvalue weighted by Crippen LogP contribution is -2.53. The normalized spacial score (nSPS) is 12.3. The molecule has 8 nitrogen and oxygen atoms in total. The van der Waals surface area contributed by atoms with Crippen molar-refractivity contribution in [3.63, 3.8) is 0 Å². The van der Waals surface area contributed by atoms with Gasteiger partial charge < -0.3 is 35.4 Å². The van der Waals surface area contributed by atoms with E-state index in [0.717, 1.165) is 6.08 Å². The van der Waals surface area contributed by atoms with E-state index in [0.29, 0.717) is 0 Å². The second-order valence-corrected chi connectivity index (χ2v) is 2.90. The maximum absolute atomic E-state index is 9.25. The quantitative estimate of drug-likeness (QED) is 0.212. The summed E-state index contributed by atoms with van der Waals surface area (Å²) in [5.74, 6) is -0.981. The van der Waals surface area contributed by atoms with Crippen LogP contribution >= 0.6 is 0 Å². The average molecular weight is 254 g/mol. The van der Waals surface area contributed by atoms with E-state index >= 15 is 0 Å². The molecule has 0 fully saturated rings. The van der Waals surface area contributed by atoms with E-state index in [1.165, 1.54) is 0 Å². The van der Waals surface area contributed by atoms with E-state index in [-0.39, 0.29) is 0 Å². The Morgan fingerprint density at radius 1 is 1.29 bits per heavy atom. The van der Waals surface area contributed by atoms with E-state index in [1.54, 1.807) is 0 Å². The van der Waals surface area contributed by atoms with Crippen molar-refractivity contribution in [3.8, 4) is 0 Å². The van der Waals surface area contributed by atoms with Gasteiger partial charge in [0.25, 0.3) is 0 Å². The van der Waals surface area contributed by atoms with E-state index in [2.05, 4.69) is 11.3 Å². The molecule has 0 saturated heterocycles. The molecule has 0 saturated carbocycles. The highest BCUT2D eigenvalue weighted by molar-refractivity contribution is 5.78. The number of aliphatic hydroxyl groups excluding tert-OH is 5. The molecule has 0 aliphatic heterocycles. The predicted molar refractivity (Wildman–Crippen MR) is 56.0 cm³/mol. The van der Waals surface area contributed by atoms with Gasteiger partial charge in [0, 0.05) is 6.08 Å². The van der Waals surface area contributed by atoms with Gasteiger partial charge in [-0.05, 0) is 0 Å². The number of hydrogen-bond acceptors (Lipinski definition) is 7. The first kappa shape index (κ1) is 18.3. The molecule has 0 spiro atoms. The molecule has 17 heavy (non-hydrogen) atoms. The van der Waals surface area contributed by atoms with E-state index in [1.807, 2.05) is 0 Å². The zero-order valence-corrected chi connectivity index (χ0v) is 9.19. The lowest BCUT2D eigenvalue weighted by atomic mass is 9.99. The van der Waals surface area contributed by atoms with Crippen LogP contribution in [-0.2, 0) is 9.53 Å². The van der Waals surface area contributed by atoms with Gasteiger partial charge in [0.2, 0.25) is 0 Å². The molecule has 1 atom stereocenters. The van der Waals surface area contributed by atoms with Crippen molar-refractivity contribution < 1.29 is 40.2 Å². The van der Waals surface area contributed by atoms with Gasteiger partial charge in [0.05, 0.1) is 19.8 Å². The van der Waals surface area contributed by atoms with Crippen molar-refractivity contribution in [3.05, 3.63) is 12.7 Å². The Balaban J connectivity index is 0. The fourth-order valence-corrected chi connectivity index (χ4v) is 0.743. The number of ether oxygens (including phenoxy) is 1. The monoisotopic (exact) mass is 254 g/mol. The van der Waals surface area contributed by atoms with Gasteiger partial charge in [0.15, 0.2) is 0 Å². The van der Waals surface area contributed by atoms with E-state index < -0.39 is 44.3 Å². The first-order valence-electron chi connectivity index (χ1n) is 4.54. The number of aliphatic carboxylic acids is 1. The summed E-state index contributed by atoms with van der Waals surface area (Å²) in [6, 6.07) is 0. The third-order valence-electron chi connectivity index (χ3n) is 1.84. The molecule has 1 unspecified atom stereocenters. The van der Waals surface area contributed by atoms with Gasteiger partial charge in [-0.1, -0.05) is 6.58 Å². The largest absolute Gasteiger partial charge is 0.478 e. The lowest BCUT2D eigenvalue weighted by Gasteiger charge is -2.32. The predicted octanol–water partition coefficient (Wildman–Crippen LogP) is -2.71. The van der Waals surface area contributed by atoms with Crippen molar-refractivity contribution in [2.75, 3.05) is 26.6 Å². The van der Waals surface area contributed by atoms with Gasteiger partial charge in [-0.25, -0.2) is 4.79 Å². The van der Waals surface area contributed by atoms with E-state index in [4.69, 9.17) is 30.6 Å². The highest BCUT2D eigenvalue weighted by Gasteiger charge is 2.37. The summed E-state index contributed by atoms with van der Waals surface area (Å²) in [6.45, 7) is 0.166. The molecule has 0 aliphatic carbocycles. The minimum absolute atomic E-state index is 0.666. The third-order valence-corrected chi connectivity index (χ3v) is 1.84. The molecule has 0 aromatic carbocycles. The Labute approximate surface area is 98.0 Å². The number of carboxylic acids is 1. The number of carboxylic acid groups (broad SMARTS) is 1. The molecule has 0 radical (unpaired) electrons. The van der Waals surface area contributed by atoms with Crippen LogP contribution < -0.4 is 0 Å². The number of hydrogen-bond donors (Lipinski definition) is 6. The zero-order chi connectivity index (χ0) is 13.9. The van der Waals surface area contributed by atoms with Crippen LogP contribution in [0.2, 0.25) is 0 Å². The topological polar surface area (TPSA) is 148 Å². The molecule has 6 N–H and O–H groups in total. The molecule has 0 aromatic heterocycles. The Bertz CT molecular complexity index is 213. The molecule has 0 bridgehead atoms. The Kier molecular flexibility index (Phi) is 10.9. The van der Waals surface area contributed by atoms with Crippen LogP contribution in [0, 0.1) is 0 Å². The van der Waals surface area contributed by atoms with Crippen LogP contribution in [0.4, 0.5) is 0 Å². The summed E-state index contributed by atoms with van der Waals surface area (Å²) >= 11 is 0. The van der Waals surface area contributed by atoms with Crippen molar-refractivity contribution in [1.82, 2.24) is 0 Å². The van der Waals surface area contributed by atoms with Gasteiger partial charge in [-0.3, -0.25) is 0 Å². The standard InChI is InChI=1S/C6H14O6.C3H4O2/c7-1-5(11)6(2-8,3-9)12-4-10;1-2-3(4)5/h5,7-11H,1-4H2;2H,1H2,(H,4,5). The maximum atomic E-state index is 9.25. The first-order valence-corrected chi connectivity index (χ1v) is 4.54. The maximum Gasteiger partial charge on any atom is 0.327 e. The number of carbonyl (C=O) groups is 1. The second kappa shape index (κ2) is 10.1. The Hall–Kier alpha value is -1.03. The highest BCUT2D eigenvalue weighted by atomic mass is 16.6. The van der Waals surface area contributed by atoms with Crippen LogP contribution in [0.5, 0.6) is 0 Å². The molecule has 0 aromatic rings. The summed E-state index contributed by atoms with van der Waals surface area (Å²) in [4.78, 5) is 9.25. The zero-order valence-electron chi connectivity index (χ0n) is 9.19. The van der Waals surface area contributed by atoms with Gasteiger partial charge in [0.1, 0.15) is 18.5 Å². The molecule has 0 amide bonds. The van der Waals surface area contributed by atoms with Crippen LogP contribution in [-0.4, -0.2) is 74.9 Å². The van der Waals surface area contributed by atoms with Gasteiger partial charge in [-0.15, -0.1) is 0 Å². The molecule has 102 valence electrons. The summed E-state index contributed by atoms with van der Waals surface area (Å²) in [5.41, 5.74) is -1.69. The first-order chi connectivity index (χ1) is 7.93. The van der Waals surface area contributed by atoms with Crippen LogP contribution in [0.15, 0.2) is 12.7 Å². The fourth-order valence-electron chi connectivity index (χ4n) is 0.743. The minimum atomic E-state index is -1.69. The summed E-state index contributed by atoms with van der Waals surface area (Å²) in [7, 11) is 0. The summed E-state index contributed by atoms with van der Waals surface area (Å²) < 4.78 is 4.53. The van der Waals surface area contributed by atoms with Crippen LogP contribution in [0.3, 0.4) is 0 Å². The smallest absolute Gasteiger partial charge is 0.327 e. The Morgan fingerprint density at radius 3 is 1.88 bits per heavy atom. The van der Waals surface area contributed by atoms with Crippen LogP contribution in [0.25, 0.3) is 0 Å². The van der Waals surface area contributed by atoms with Crippen molar-refractivity contribution in [2.24, 2.45) is 0 Å². The fraction of sp³-hybridized carbons (Fsp3) is 0.667. The van der Waals surface area contributed by atoms with Gasteiger partial charge in [-0.2, -0.15) is 0 Å². The van der Waals surface area contributed by atoms with Crippen molar-refractivity contribution in [2.45, 2.75) is 11.7 Å². The molecule has 8 heteroatoms.